The Kier molecular flexibility index (Phi) is 1440. The maximum absolute atomic E-state index is 6.90. The Labute approximate surface area is 116 Å². The molecular weight excluding hydrogens is 296 g/mol. The van der Waals surface area contributed by atoms with Crippen LogP contribution >= 0.6 is 0 Å². The smallest absolute Gasteiger partial charge is 0.0395 e. The van der Waals surface area contributed by atoms with E-state index in [0.717, 1.165) is 0 Å². The first-order valence-corrected chi connectivity index (χ1v) is 3.66. The Morgan fingerprint density at radius 1 is 0.400 bits per heavy atom. The Balaban J connectivity index is -0.0000000103. The lowest BCUT2D eigenvalue weighted by Gasteiger charge is -1.71. The summed E-state index contributed by atoms with van der Waals surface area (Å²) in [4.78, 5) is 0. The van der Waals surface area contributed by atoms with Crippen LogP contribution in [0.1, 0.15) is 42.5 Å². The molecule has 0 aliphatic carbocycles. The summed E-state index contributed by atoms with van der Waals surface area (Å²) >= 11 is 0. The van der Waals surface area contributed by atoms with Crippen molar-refractivity contribution in [3.8, 4) is 0 Å². The molecule has 0 aromatic carbocycles. The van der Waals surface area contributed by atoms with E-state index in [4.69, 9.17) is 52.6 Å². The second-order valence-corrected chi connectivity index (χ2v) is 0.298. The van der Waals surface area contributed by atoms with Gasteiger partial charge in [-0.05, 0) is 20.2 Å². The first kappa shape index (κ1) is 60.6. The van der Waals surface area contributed by atoms with Crippen molar-refractivity contribution in [3.05, 3.63) is 0 Å². The molecule has 0 aliphatic rings. The molecule has 138 valence electrons. The summed E-state index contributed by atoms with van der Waals surface area (Å²) in [6.45, 7) is 8.00. The van der Waals surface area contributed by atoms with Crippen LogP contribution in [0.4, 0.5) is 0 Å². The van der Waals surface area contributed by atoms with Gasteiger partial charge in [-0.25, -0.2) is 21.0 Å². The van der Waals surface area contributed by atoms with Crippen LogP contribution in [0.15, 0.2) is 0 Å². The zero-order valence-electron chi connectivity index (χ0n) is 10.1. The van der Waals surface area contributed by atoms with Gasteiger partial charge in [-0.3, -0.25) is 31.5 Å². The summed E-state index contributed by atoms with van der Waals surface area (Å²) in [7, 11) is 0. The van der Waals surface area contributed by atoms with Crippen molar-refractivity contribution in [3.63, 3.8) is 0 Å². The zero-order valence-corrected chi connectivity index (χ0v) is 10.1. The van der Waals surface area contributed by atoms with Crippen LogP contribution in [0.3, 0.4) is 0 Å². The quantitative estimate of drug-likeness (QED) is 0.259. The molecule has 14 nitrogen and oxygen atoms in total. The van der Waals surface area contributed by atoms with Gasteiger partial charge < -0.3 is 0 Å². The van der Waals surface area contributed by atoms with Crippen LogP contribution < -0.4 is 0 Å². The molecule has 0 saturated heterocycles. The van der Waals surface area contributed by atoms with E-state index >= 15 is 0 Å². The molecular formula is C6H30O14. The van der Waals surface area contributed by atoms with Gasteiger partial charge >= 0.3 is 0 Å². The second-order valence-electron chi connectivity index (χ2n) is 0.298. The van der Waals surface area contributed by atoms with Gasteiger partial charge in [0, 0.05) is 0 Å². The van der Waals surface area contributed by atoms with Gasteiger partial charge in [-0.15, -0.1) is 0 Å². The monoisotopic (exact) mass is 326 g/mol. The molecule has 0 aliphatic heterocycles. The third-order valence-corrected chi connectivity index (χ3v) is 0.0667. The largest absolute Gasteiger partial charge is 0.255 e. The summed E-state index contributed by atoms with van der Waals surface area (Å²) in [5.74, 6) is 0. The van der Waals surface area contributed by atoms with Gasteiger partial charge in [-0.1, -0.05) is 42.5 Å². The van der Waals surface area contributed by atoms with Crippen molar-refractivity contribution in [2.45, 2.75) is 42.5 Å². The highest BCUT2D eigenvalue weighted by atomic mass is 17.6. The fraction of sp³-hybridized carbons (Fsp3) is 1.00. The van der Waals surface area contributed by atoms with Gasteiger partial charge in [0.25, 0.3) is 0 Å². The lowest BCUT2D eigenvalue weighted by Crippen LogP contribution is -1.75. The number of rotatable bonds is 2. The van der Waals surface area contributed by atoms with Crippen molar-refractivity contribution >= 4 is 0 Å². The highest BCUT2D eigenvalue weighted by molar-refractivity contribution is 3.51. The van der Waals surface area contributed by atoms with Crippen molar-refractivity contribution in [2.75, 3.05) is 0 Å². The van der Waals surface area contributed by atoms with Crippen LogP contribution in [0, 0.1) is 0 Å². The normalized spacial score (nSPS) is 4.50. The molecule has 0 aromatic rings. The molecule has 0 aromatic heterocycles. The fourth-order valence-electron chi connectivity index (χ4n) is 0. The minimum atomic E-state index is 0. The molecule has 10 N–H and O–H groups in total. The molecule has 0 saturated carbocycles. The maximum Gasteiger partial charge on any atom is -0.0395 e. The Morgan fingerprint density at radius 2 is 0.450 bits per heavy atom. The van der Waals surface area contributed by atoms with Crippen molar-refractivity contribution in [1.29, 1.82) is 0 Å². The van der Waals surface area contributed by atoms with Gasteiger partial charge in [-0.2, -0.15) is 0 Å². The molecule has 0 bridgehead atoms. The molecule has 14 heteroatoms. The van der Waals surface area contributed by atoms with E-state index in [1.54, 1.807) is 0 Å². The third kappa shape index (κ3) is 2270. The standard InChI is InChI=1S/2C2H6.2CH4.2H2O4.3H2O2/c2*1-2;;;2*1-3-4-2;3*1-2/h2*1-2H3;2*1H4;2*1-2H;3*1-2H. The van der Waals surface area contributed by atoms with Gasteiger partial charge in [0.05, 0.1) is 0 Å². The molecule has 0 radical (unpaired) electrons. The zero-order chi connectivity index (χ0) is 16.8. The lowest BCUT2D eigenvalue weighted by atomic mass is 11.0. The second kappa shape index (κ2) is 474. The van der Waals surface area contributed by atoms with E-state index in [1.165, 1.54) is 0 Å². The highest BCUT2D eigenvalue weighted by Gasteiger charge is 1.54. The van der Waals surface area contributed by atoms with Crippen LogP contribution in [0.25, 0.3) is 0 Å². The highest BCUT2D eigenvalue weighted by Crippen LogP contribution is 1.50. The molecule has 20 heavy (non-hydrogen) atoms. The summed E-state index contributed by atoms with van der Waals surface area (Å²) in [6.07, 6.45) is 0. The average molecular weight is 326 g/mol. The molecule has 0 heterocycles. The van der Waals surface area contributed by atoms with E-state index in [2.05, 4.69) is 20.2 Å². The Bertz CT molecular complexity index is 25.6. The molecule has 0 rings (SSSR count). The molecule has 0 spiro atoms. The molecule has 0 atom stereocenters. The predicted octanol–water partition coefficient (Wildman–Crippen LogP) is 3.14. The maximum atomic E-state index is 6.90. The number of hydrogen-bond donors (Lipinski definition) is 10. The minimum Gasteiger partial charge on any atom is -0.255 e. The summed E-state index contributed by atoms with van der Waals surface area (Å²) in [5, 5.41) is 74.0. The molecule has 0 amide bonds. The third-order valence-electron chi connectivity index (χ3n) is 0.0667. The Hall–Kier alpha value is -0.560. The van der Waals surface area contributed by atoms with Crippen LogP contribution in [-0.4, -0.2) is 52.6 Å². The first-order chi connectivity index (χ1) is 8.83. The van der Waals surface area contributed by atoms with E-state index in [-0.39, 0.29) is 14.9 Å². The van der Waals surface area contributed by atoms with E-state index in [0.29, 0.717) is 0 Å². The lowest BCUT2D eigenvalue weighted by molar-refractivity contribution is -0.611. The van der Waals surface area contributed by atoms with E-state index in [9.17, 15) is 0 Å². The van der Waals surface area contributed by atoms with Gasteiger partial charge in [0.15, 0.2) is 0 Å². The van der Waals surface area contributed by atoms with E-state index in [1.807, 2.05) is 27.7 Å². The molecule has 0 unspecified atom stereocenters. The van der Waals surface area contributed by atoms with Crippen molar-refractivity contribution in [1.82, 2.24) is 0 Å². The fourth-order valence-corrected chi connectivity index (χ4v) is 0. The summed E-state index contributed by atoms with van der Waals surface area (Å²) in [5.41, 5.74) is 0. The van der Waals surface area contributed by atoms with Crippen LogP contribution in [0.5, 0.6) is 0 Å². The topological polar surface area (TPSA) is 239 Å². The number of hydrogen-bond acceptors (Lipinski definition) is 14. The first-order valence-electron chi connectivity index (χ1n) is 3.66. The minimum absolute atomic E-state index is 0. The predicted molar refractivity (Wildman–Crippen MR) is 66.8 cm³/mol. The van der Waals surface area contributed by atoms with Crippen molar-refractivity contribution in [2.24, 2.45) is 0 Å². The van der Waals surface area contributed by atoms with Crippen molar-refractivity contribution < 1.29 is 72.7 Å². The summed E-state index contributed by atoms with van der Waals surface area (Å²) in [6, 6.07) is 0. The average Bonchev–Trinajstić information content (AvgIpc) is 2.56. The van der Waals surface area contributed by atoms with Crippen LogP contribution in [-0.2, 0) is 20.2 Å². The van der Waals surface area contributed by atoms with Crippen LogP contribution in [0.2, 0.25) is 0 Å². The summed E-state index contributed by atoms with van der Waals surface area (Å²) < 4.78 is 0. The van der Waals surface area contributed by atoms with Gasteiger partial charge in [0.2, 0.25) is 0 Å². The van der Waals surface area contributed by atoms with E-state index < -0.39 is 0 Å². The SMILES string of the molecule is C.C.CC.CC.OO.OO.OO.OOOO.OOOO. The Morgan fingerprint density at radius 3 is 0.450 bits per heavy atom. The molecule has 0 fully saturated rings. The van der Waals surface area contributed by atoms with Gasteiger partial charge in [0.1, 0.15) is 0 Å².